The Kier molecular flexibility index (Phi) is 4.77. The molecule has 0 saturated heterocycles. The van der Waals surface area contributed by atoms with Crippen LogP contribution in [0.15, 0.2) is 34.4 Å². The summed E-state index contributed by atoms with van der Waals surface area (Å²) >= 11 is 0.845. The van der Waals surface area contributed by atoms with Crippen molar-refractivity contribution in [1.82, 2.24) is 20.1 Å². The van der Waals surface area contributed by atoms with Gasteiger partial charge in [0.15, 0.2) is 5.69 Å². The number of carbonyl (C=O) groups is 1. The summed E-state index contributed by atoms with van der Waals surface area (Å²) in [7, 11) is 1.48. The molecule has 6 nitrogen and oxygen atoms in total. The van der Waals surface area contributed by atoms with Crippen molar-refractivity contribution in [2.24, 2.45) is 0 Å². The number of thiazole rings is 1. The maximum absolute atomic E-state index is 12.6. The van der Waals surface area contributed by atoms with E-state index in [-0.39, 0.29) is 29.4 Å². The SMILES string of the molecule is CN(Cc1nc(C(F)(F)F)cs1)C(=O)Cc1n[nH]c(=O)c2ccccc12. The van der Waals surface area contributed by atoms with Gasteiger partial charge in [-0.15, -0.1) is 11.3 Å². The standard InChI is InChI=1S/C16H13F3N4O2S/c1-23(7-13-20-12(8-26-13)16(17,18)19)14(24)6-11-9-4-2-3-5-10(9)15(25)22-21-11/h2-5,8H,6-7H2,1H3,(H,22,25). The average Bonchev–Trinajstić information content (AvgIpc) is 3.06. The Labute approximate surface area is 149 Å². The summed E-state index contributed by atoms with van der Waals surface area (Å²) in [5, 5.41) is 8.36. The number of benzene rings is 1. The van der Waals surface area contributed by atoms with E-state index < -0.39 is 11.9 Å². The number of likely N-dealkylation sites (N-methyl/N-ethyl adjacent to an activating group) is 1. The molecule has 1 aromatic carbocycles. The largest absolute Gasteiger partial charge is 0.434 e. The fourth-order valence-corrected chi connectivity index (χ4v) is 3.24. The van der Waals surface area contributed by atoms with Gasteiger partial charge in [0.2, 0.25) is 5.91 Å². The Hall–Kier alpha value is -2.75. The topological polar surface area (TPSA) is 79.0 Å². The summed E-state index contributed by atoms with van der Waals surface area (Å²) in [5.74, 6) is -0.349. The average molecular weight is 382 g/mol. The van der Waals surface area contributed by atoms with E-state index in [9.17, 15) is 22.8 Å². The Bertz CT molecular complexity index is 1010. The lowest BCUT2D eigenvalue weighted by Crippen LogP contribution is -2.28. The van der Waals surface area contributed by atoms with E-state index in [0.717, 1.165) is 16.7 Å². The van der Waals surface area contributed by atoms with E-state index in [1.165, 1.54) is 11.9 Å². The quantitative estimate of drug-likeness (QED) is 0.752. The molecule has 1 amide bonds. The molecule has 0 aliphatic heterocycles. The molecule has 0 saturated carbocycles. The van der Waals surface area contributed by atoms with Gasteiger partial charge in [0.05, 0.1) is 24.0 Å². The van der Waals surface area contributed by atoms with Crippen molar-refractivity contribution < 1.29 is 18.0 Å². The molecule has 0 aliphatic rings. The number of alkyl halides is 3. The number of aromatic nitrogens is 3. The van der Waals surface area contributed by atoms with Crippen molar-refractivity contribution in [1.29, 1.82) is 0 Å². The van der Waals surface area contributed by atoms with Gasteiger partial charge in [-0.1, -0.05) is 18.2 Å². The van der Waals surface area contributed by atoms with Crippen molar-refractivity contribution >= 4 is 28.0 Å². The maximum atomic E-state index is 12.6. The number of carbonyl (C=O) groups excluding carboxylic acids is 1. The Morgan fingerprint density at radius 2 is 1.96 bits per heavy atom. The zero-order valence-corrected chi connectivity index (χ0v) is 14.3. The van der Waals surface area contributed by atoms with E-state index in [1.54, 1.807) is 24.3 Å². The molecule has 26 heavy (non-hydrogen) atoms. The van der Waals surface area contributed by atoms with Gasteiger partial charge in [0.25, 0.3) is 5.56 Å². The molecule has 0 bridgehead atoms. The number of rotatable bonds is 4. The van der Waals surface area contributed by atoms with Gasteiger partial charge in [-0.2, -0.15) is 18.3 Å². The number of H-pyrrole nitrogens is 1. The van der Waals surface area contributed by atoms with Crippen LogP contribution in [0.4, 0.5) is 13.2 Å². The van der Waals surface area contributed by atoms with Crippen molar-refractivity contribution in [3.05, 3.63) is 56.4 Å². The van der Waals surface area contributed by atoms with Crippen LogP contribution in [-0.2, 0) is 23.9 Å². The zero-order valence-electron chi connectivity index (χ0n) is 13.5. The molecule has 0 unspecified atom stereocenters. The highest BCUT2D eigenvalue weighted by Crippen LogP contribution is 2.30. The molecule has 0 aliphatic carbocycles. The lowest BCUT2D eigenvalue weighted by Gasteiger charge is -2.15. The molecule has 0 atom stereocenters. The molecule has 0 radical (unpaired) electrons. The summed E-state index contributed by atoms with van der Waals surface area (Å²) in [5.41, 5.74) is -0.925. The first-order valence-electron chi connectivity index (χ1n) is 7.47. The van der Waals surface area contributed by atoms with Gasteiger partial charge in [0, 0.05) is 17.8 Å². The Balaban J connectivity index is 1.75. The van der Waals surface area contributed by atoms with Crippen molar-refractivity contribution in [3.63, 3.8) is 0 Å². The second-order valence-electron chi connectivity index (χ2n) is 5.60. The van der Waals surface area contributed by atoms with Gasteiger partial charge in [-0.3, -0.25) is 9.59 Å². The molecule has 0 fully saturated rings. The van der Waals surface area contributed by atoms with Crippen molar-refractivity contribution in [3.8, 4) is 0 Å². The first kappa shape index (κ1) is 18.1. The van der Waals surface area contributed by atoms with E-state index in [4.69, 9.17) is 0 Å². The van der Waals surface area contributed by atoms with Crippen molar-refractivity contribution in [2.45, 2.75) is 19.1 Å². The van der Waals surface area contributed by atoms with Crippen LogP contribution in [0.3, 0.4) is 0 Å². The normalized spacial score (nSPS) is 11.7. The van der Waals surface area contributed by atoms with Gasteiger partial charge >= 0.3 is 6.18 Å². The molecule has 0 spiro atoms. The first-order chi connectivity index (χ1) is 12.3. The minimum absolute atomic E-state index is 0.0408. The van der Waals surface area contributed by atoms with Gasteiger partial charge in [-0.25, -0.2) is 10.1 Å². The highest BCUT2D eigenvalue weighted by Gasteiger charge is 2.33. The minimum atomic E-state index is -4.50. The maximum Gasteiger partial charge on any atom is 0.434 e. The fraction of sp³-hybridized carbons (Fsp3) is 0.250. The highest BCUT2D eigenvalue weighted by atomic mass is 32.1. The summed E-state index contributed by atoms with van der Waals surface area (Å²) in [6.45, 7) is -0.0408. The summed E-state index contributed by atoms with van der Waals surface area (Å²) in [4.78, 5) is 28.9. The zero-order chi connectivity index (χ0) is 18.9. The number of nitrogens with zero attached hydrogens (tertiary/aromatic N) is 3. The van der Waals surface area contributed by atoms with Gasteiger partial charge in [-0.05, 0) is 6.07 Å². The van der Waals surface area contributed by atoms with Crippen LogP contribution >= 0.6 is 11.3 Å². The summed E-state index contributed by atoms with van der Waals surface area (Å²) < 4.78 is 37.8. The third-order valence-electron chi connectivity index (χ3n) is 3.73. The number of hydrogen-bond acceptors (Lipinski definition) is 5. The third kappa shape index (κ3) is 3.74. The predicted octanol–water partition coefficient (Wildman–Crippen LogP) is 2.60. The van der Waals surface area contributed by atoms with E-state index in [0.29, 0.717) is 16.5 Å². The molecular weight excluding hydrogens is 369 g/mol. The van der Waals surface area contributed by atoms with E-state index in [1.807, 2.05) is 0 Å². The fourth-order valence-electron chi connectivity index (χ4n) is 2.39. The number of fused-ring (bicyclic) bond motifs is 1. The van der Waals surface area contributed by atoms with Crippen LogP contribution in [-0.4, -0.2) is 33.0 Å². The van der Waals surface area contributed by atoms with E-state index in [2.05, 4.69) is 15.2 Å². The molecular formula is C16H13F3N4O2S. The van der Waals surface area contributed by atoms with Crippen molar-refractivity contribution in [2.75, 3.05) is 7.05 Å². The second kappa shape index (κ2) is 6.87. The lowest BCUT2D eigenvalue weighted by atomic mass is 10.1. The number of halogens is 3. The molecule has 1 N–H and O–H groups in total. The summed E-state index contributed by atoms with van der Waals surface area (Å²) in [6.07, 6.45) is -4.60. The van der Waals surface area contributed by atoms with Crippen LogP contribution < -0.4 is 5.56 Å². The Morgan fingerprint density at radius 1 is 1.27 bits per heavy atom. The van der Waals surface area contributed by atoms with E-state index >= 15 is 0 Å². The minimum Gasteiger partial charge on any atom is -0.339 e. The third-order valence-corrected chi connectivity index (χ3v) is 4.57. The lowest BCUT2D eigenvalue weighted by molar-refractivity contribution is -0.140. The number of aromatic amines is 1. The molecule has 3 rings (SSSR count). The number of amides is 1. The second-order valence-corrected chi connectivity index (χ2v) is 6.54. The molecule has 136 valence electrons. The number of nitrogens with one attached hydrogen (secondary N) is 1. The molecule has 2 aromatic heterocycles. The molecule has 2 heterocycles. The van der Waals surface area contributed by atoms with Crippen LogP contribution in [0.1, 0.15) is 16.4 Å². The monoisotopic (exact) mass is 382 g/mol. The van der Waals surface area contributed by atoms with Crippen LogP contribution in [0.2, 0.25) is 0 Å². The number of hydrogen-bond donors (Lipinski definition) is 1. The van der Waals surface area contributed by atoms with Crippen LogP contribution in [0.5, 0.6) is 0 Å². The van der Waals surface area contributed by atoms with Gasteiger partial charge in [0.1, 0.15) is 5.01 Å². The van der Waals surface area contributed by atoms with Crippen LogP contribution in [0, 0.1) is 0 Å². The predicted molar refractivity (Wildman–Crippen MR) is 89.7 cm³/mol. The molecule has 10 heteroatoms. The highest BCUT2D eigenvalue weighted by molar-refractivity contribution is 7.09. The van der Waals surface area contributed by atoms with Gasteiger partial charge < -0.3 is 4.90 Å². The first-order valence-corrected chi connectivity index (χ1v) is 8.35. The Morgan fingerprint density at radius 3 is 2.62 bits per heavy atom. The summed E-state index contributed by atoms with van der Waals surface area (Å²) in [6, 6.07) is 6.75. The molecule has 3 aromatic rings. The van der Waals surface area contributed by atoms with Crippen LogP contribution in [0.25, 0.3) is 10.8 Å². The smallest absolute Gasteiger partial charge is 0.339 e.